The Morgan fingerprint density at radius 3 is 2.60 bits per heavy atom. The van der Waals surface area contributed by atoms with Crippen LogP contribution in [0, 0.1) is 11.6 Å². The first-order valence-corrected chi connectivity index (χ1v) is 8.99. The molecule has 0 aliphatic rings. The standard InChI is InChI=1S/C21H19F2N3O4/c1-29-20(27)19(25-21(28)30-12-14-5-3-2-4-6-14)9-15-11-26(13-24-15)16-7-8-17(22)18(23)10-16/h2-8,10-11,13,19H,9,12H2,1H3,(H,25,28)/t19-/m0/s1. The van der Waals surface area contributed by atoms with Gasteiger partial charge in [-0.2, -0.15) is 0 Å². The average Bonchev–Trinajstić information content (AvgIpc) is 3.22. The molecule has 2 aromatic carbocycles. The van der Waals surface area contributed by atoms with Crippen molar-refractivity contribution in [3.63, 3.8) is 0 Å². The fourth-order valence-electron chi connectivity index (χ4n) is 2.71. The van der Waals surface area contributed by atoms with E-state index in [4.69, 9.17) is 9.47 Å². The summed E-state index contributed by atoms with van der Waals surface area (Å²) in [4.78, 5) is 28.3. The maximum atomic E-state index is 13.4. The van der Waals surface area contributed by atoms with Crippen LogP contribution in [0.5, 0.6) is 0 Å². The van der Waals surface area contributed by atoms with Crippen molar-refractivity contribution in [3.8, 4) is 5.69 Å². The van der Waals surface area contributed by atoms with Gasteiger partial charge in [-0.15, -0.1) is 0 Å². The molecule has 3 aromatic rings. The molecule has 0 aliphatic heterocycles. The van der Waals surface area contributed by atoms with Gasteiger partial charge in [0.15, 0.2) is 11.6 Å². The highest BCUT2D eigenvalue weighted by atomic mass is 19.2. The van der Waals surface area contributed by atoms with Crippen molar-refractivity contribution in [1.29, 1.82) is 0 Å². The van der Waals surface area contributed by atoms with Gasteiger partial charge >= 0.3 is 12.1 Å². The molecule has 1 atom stereocenters. The van der Waals surface area contributed by atoms with Crippen molar-refractivity contribution in [2.75, 3.05) is 7.11 Å². The molecule has 0 saturated heterocycles. The Morgan fingerprint density at radius 1 is 1.13 bits per heavy atom. The molecule has 7 nitrogen and oxygen atoms in total. The summed E-state index contributed by atoms with van der Waals surface area (Å²) in [7, 11) is 1.20. The number of rotatable bonds is 7. The van der Waals surface area contributed by atoms with Gasteiger partial charge in [0.25, 0.3) is 0 Å². The van der Waals surface area contributed by atoms with Crippen molar-refractivity contribution < 1.29 is 27.8 Å². The lowest BCUT2D eigenvalue weighted by atomic mass is 10.1. The lowest BCUT2D eigenvalue weighted by molar-refractivity contribution is -0.143. The zero-order valence-electron chi connectivity index (χ0n) is 16.0. The second-order valence-electron chi connectivity index (χ2n) is 6.36. The van der Waals surface area contributed by atoms with Crippen LogP contribution in [0.3, 0.4) is 0 Å². The molecule has 1 aromatic heterocycles. The molecule has 1 heterocycles. The number of halogens is 2. The van der Waals surface area contributed by atoms with Crippen LogP contribution in [0.15, 0.2) is 61.1 Å². The van der Waals surface area contributed by atoms with Crippen LogP contribution in [0.1, 0.15) is 11.3 Å². The smallest absolute Gasteiger partial charge is 0.408 e. The van der Waals surface area contributed by atoms with Gasteiger partial charge in [-0.1, -0.05) is 30.3 Å². The van der Waals surface area contributed by atoms with Crippen LogP contribution in [0.4, 0.5) is 13.6 Å². The second kappa shape index (κ2) is 9.64. The van der Waals surface area contributed by atoms with Crippen LogP contribution in [0.25, 0.3) is 5.69 Å². The minimum Gasteiger partial charge on any atom is -0.467 e. The molecule has 3 rings (SSSR count). The summed E-state index contributed by atoms with van der Waals surface area (Å²) in [6, 6.07) is 11.5. The fourth-order valence-corrected chi connectivity index (χ4v) is 2.71. The third-order valence-electron chi connectivity index (χ3n) is 4.24. The number of ether oxygens (including phenoxy) is 2. The van der Waals surface area contributed by atoms with Crippen molar-refractivity contribution in [2.45, 2.75) is 19.1 Å². The Kier molecular flexibility index (Phi) is 6.74. The van der Waals surface area contributed by atoms with Gasteiger partial charge in [-0.05, 0) is 17.7 Å². The largest absolute Gasteiger partial charge is 0.467 e. The van der Waals surface area contributed by atoms with E-state index in [2.05, 4.69) is 10.3 Å². The third kappa shape index (κ3) is 5.40. The monoisotopic (exact) mass is 415 g/mol. The van der Waals surface area contributed by atoms with Gasteiger partial charge in [0.2, 0.25) is 0 Å². The summed E-state index contributed by atoms with van der Waals surface area (Å²) in [5.41, 5.74) is 1.59. The first-order valence-electron chi connectivity index (χ1n) is 8.99. The van der Waals surface area contributed by atoms with Gasteiger partial charge in [0, 0.05) is 24.4 Å². The average molecular weight is 415 g/mol. The van der Waals surface area contributed by atoms with Gasteiger partial charge < -0.3 is 19.4 Å². The van der Waals surface area contributed by atoms with Gasteiger partial charge in [0.1, 0.15) is 12.6 Å². The molecule has 0 unspecified atom stereocenters. The number of hydrogen-bond acceptors (Lipinski definition) is 5. The van der Waals surface area contributed by atoms with Crippen LogP contribution in [0.2, 0.25) is 0 Å². The van der Waals surface area contributed by atoms with E-state index in [1.807, 2.05) is 18.2 Å². The SMILES string of the molecule is COC(=O)[C@H](Cc1cn(-c2ccc(F)c(F)c2)cn1)NC(=O)OCc1ccccc1. The first-order chi connectivity index (χ1) is 14.5. The highest BCUT2D eigenvalue weighted by Crippen LogP contribution is 2.14. The highest BCUT2D eigenvalue weighted by molar-refractivity contribution is 5.81. The number of amides is 1. The fraction of sp³-hybridized carbons (Fsp3) is 0.190. The lowest BCUT2D eigenvalue weighted by Gasteiger charge is -2.15. The topological polar surface area (TPSA) is 82.5 Å². The van der Waals surface area contributed by atoms with Crippen LogP contribution in [-0.4, -0.2) is 34.8 Å². The molecular formula is C21H19F2N3O4. The molecule has 1 amide bonds. The Hall–Kier alpha value is -3.75. The number of alkyl carbamates (subject to hydrolysis) is 1. The summed E-state index contributed by atoms with van der Waals surface area (Å²) in [6.45, 7) is 0.0469. The number of imidazole rings is 1. The summed E-state index contributed by atoms with van der Waals surface area (Å²) >= 11 is 0. The van der Waals surface area contributed by atoms with E-state index in [1.165, 1.54) is 24.1 Å². The molecule has 9 heteroatoms. The zero-order valence-corrected chi connectivity index (χ0v) is 16.0. The number of nitrogens with zero attached hydrogens (tertiary/aromatic N) is 2. The van der Waals surface area contributed by atoms with E-state index in [0.717, 1.165) is 17.7 Å². The maximum absolute atomic E-state index is 13.4. The van der Waals surface area contributed by atoms with Gasteiger partial charge in [0.05, 0.1) is 19.1 Å². The van der Waals surface area contributed by atoms with Crippen molar-refractivity contribution in [1.82, 2.24) is 14.9 Å². The molecule has 0 aliphatic carbocycles. The molecule has 30 heavy (non-hydrogen) atoms. The number of aromatic nitrogens is 2. The first kappa shape index (κ1) is 21.0. The van der Waals surface area contributed by atoms with E-state index in [1.54, 1.807) is 18.3 Å². The number of hydrogen-bond donors (Lipinski definition) is 1. The highest BCUT2D eigenvalue weighted by Gasteiger charge is 2.24. The van der Waals surface area contributed by atoms with E-state index in [0.29, 0.717) is 11.4 Å². The van der Waals surface area contributed by atoms with E-state index < -0.39 is 29.7 Å². The summed E-state index contributed by atoms with van der Waals surface area (Å²) in [5.74, 6) is -2.62. The second-order valence-corrected chi connectivity index (χ2v) is 6.36. The summed E-state index contributed by atoms with van der Waals surface area (Å²) < 4.78 is 37.9. The van der Waals surface area contributed by atoms with Crippen molar-refractivity contribution in [2.24, 2.45) is 0 Å². The number of methoxy groups -OCH3 is 1. The number of esters is 1. The predicted molar refractivity (Wildman–Crippen MR) is 103 cm³/mol. The Labute approximate surface area is 171 Å². The van der Waals surface area contributed by atoms with E-state index >= 15 is 0 Å². The maximum Gasteiger partial charge on any atom is 0.408 e. The summed E-state index contributed by atoms with van der Waals surface area (Å²) in [6.07, 6.45) is 2.17. The Morgan fingerprint density at radius 2 is 1.90 bits per heavy atom. The van der Waals surface area contributed by atoms with Gasteiger partial charge in [-0.3, -0.25) is 0 Å². The minimum atomic E-state index is -1.04. The molecule has 0 fully saturated rings. The number of carbonyl (C=O) groups excluding carboxylic acids is 2. The molecule has 1 N–H and O–H groups in total. The molecule has 156 valence electrons. The lowest BCUT2D eigenvalue weighted by Crippen LogP contribution is -2.43. The number of carbonyl (C=O) groups is 2. The molecule has 0 saturated carbocycles. The summed E-state index contributed by atoms with van der Waals surface area (Å²) in [5, 5.41) is 2.46. The van der Waals surface area contributed by atoms with E-state index in [-0.39, 0.29) is 13.0 Å². The zero-order chi connectivity index (χ0) is 21.5. The Bertz CT molecular complexity index is 1020. The van der Waals surface area contributed by atoms with E-state index in [9.17, 15) is 18.4 Å². The molecule has 0 bridgehead atoms. The quantitative estimate of drug-likeness (QED) is 0.600. The molecule has 0 spiro atoms. The van der Waals surface area contributed by atoms with Crippen LogP contribution >= 0.6 is 0 Å². The molecular weight excluding hydrogens is 396 g/mol. The molecule has 0 radical (unpaired) electrons. The van der Waals surface area contributed by atoms with Crippen LogP contribution in [-0.2, 0) is 27.3 Å². The third-order valence-corrected chi connectivity index (χ3v) is 4.24. The van der Waals surface area contributed by atoms with Crippen molar-refractivity contribution in [3.05, 3.63) is 83.9 Å². The Balaban J connectivity index is 1.64. The normalized spacial score (nSPS) is 11.6. The predicted octanol–water partition coefficient (Wildman–Crippen LogP) is 3.16. The van der Waals surface area contributed by atoms with Crippen LogP contribution < -0.4 is 5.32 Å². The number of benzene rings is 2. The number of nitrogens with one attached hydrogen (secondary N) is 1. The minimum absolute atomic E-state index is 0.0176. The van der Waals surface area contributed by atoms with Gasteiger partial charge in [-0.25, -0.2) is 23.4 Å². The van der Waals surface area contributed by atoms with Crippen molar-refractivity contribution >= 4 is 12.1 Å².